The molecule has 0 aliphatic carbocycles. The number of nitrogen functional groups attached to an aromatic ring is 1. The highest BCUT2D eigenvalue weighted by Gasteiger charge is 2.26. The highest BCUT2D eigenvalue weighted by atomic mass is 19.3. The molecule has 1 saturated heterocycles. The molecule has 0 bridgehead atoms. The van der Waals surface area contributed by atoms with E-state index in [0.29, 0.717) is 41.3 Å². The van der Waals surface area contributed by atoms with Crippen LogP contribution in [0.25, 0.3) is 22.4 Å². The lowest BCUT2D eigenvalue weighted by molar-refractivity contribution is -0.0810. The van der Waals surface area contributed by atoms with Crippen molar-refractivity contribution in [2.24, 2.45) is 0 Å². The molecular formula is C20H17F3N4O2. The molecular weight excluding hydrogens is 385 g/mol. The Bertz CT molecular complexity index is 1040. The number of aryl methyl sites for hydroxylation is 1. The van der Waals surface area contributed by atoms with Crippen LogP contribution in [0.3, 0.4) is 0 Å². The van der Waals surface area contributed by atoms with Gasteiger partial charge < -0.3 is 15.2 Å². The molecule has 1 aliphatic heterocycles. The van der Waals surface area contributed by atoms with Crippen molar-refractivity contribution in [3.05, 3.63) is 53.6 Å². The molecule has 9 heteroatoms. The fourth-order valence-corrected chi connectivity index (χ4v) is 3.01. The molecule has 0 saturated carbocycles. The first-order chi connectivity index (χ1) is 13.9. The molecule has 0 amide bonds. The zero-order valence-electron chi connectivity index (χ0n) is 15.4. The predicted molar refractivity (Wildman–Crippen MR) is 100.0 cm³/mol. The van der Waals surface area contributed by atoms with Crippen LogP contribution in [0.2, 0.25) is 0 Å². The number of nitrogens with zero attached hydrogens (tertiary/aromatic N) is 3. The first-order valence-corrected chi connectivity index (χ1v) is 8.85. The zero-order chi connectivity index (χ0) is 20.5. The number of rotatable bonds is 5. The van der Waals surface area contributed by atoms with E-state index >= 15 is 0 Å². The summed E-state index contributed by atoms with van der Waals surface area (Å²) in [5.74, 6) is -0.320. The second-order valence-corrected chi connectivity index (χ2v) is 6.62. The van der Waals surface area contributed by atoms with Gasteiger partial charge in [0.05, 0.1) is 24.5 Å². The molecule has 1 aromatic carbocycles. The first-order valence-electron chi connectivity index (χ1n) is 8.85. The number of aromatic nitrogens is 3. The lowest BCUT2D eigenvalue weighted by atomic mass is 9.99. The molecule has 1 fully saturated rings. The van der Waals surface area contributed by atoms with Crippen molar-refractivity contribution in [3.63, 3.8) is 0 Å². The first kappa shape index (κ1) is 19.1. The Morgan fingerprint density at radius 3 is 2.41 bits per heavy atom. The Labute approximate surface area is 164 Å². The Morgan fingerprint density at radius 1 is 1.07 bits per heavy atom. The fraction of sp³-hybridized carbons (Fsp3) is 0.250. The molecule has 0 unspecified atom stereocenters. The average molecular weight is 402 g/mol. The maximum absolute atomic E-state index is 13.4. The Balaban J connectivity index is 1.95. The third-order valence-electron chi connectivity index (χ3n) is 4.38. The maximum atomic E-state index is 13.4. The third-order valence-corrected chi connectivity index (χ3v) is 4.38. The molecule has 1 aliphatic rings. The van der Waals surface area contributed by atoms with Crippen molar-refractivity contribution < 1.29 is 22.6 Å². The zero-order valence-corrected chi connectivity index (χ0v) is 15.4. The van der Waals surface area contributed by atoms with E-state index in [-0.39, 0.29) is 23.6 Å². The number of halogens is 3. The summed E-state index contributed by atoms with van der Waals surface area (Å²) in [6, 6.07) is 8.51. The summed E-state index contributed by atoms with van der Waals surface area (Å²) < 4.78 is 51.1. The topological polar surface area (TPSA) is 83.2 Å². The number of hydrogen-bond donors (Lipinski definition) is 1. The van der Waals surface area contributed by atoms with Crippen molar-refractivity contribution in [2.75, 3.05) is 18.9 Å². The minimum absolute atomic E-state index is 0.0526. The van der Waals surface area contributed by atoms with Crippen molar-refractivity contribution in [3.8, 4) is 28.3 Å². The van der Waals surface area contributed by atoms with E-state index in [1.165, 1.54) is 30.3 Å². The quantitative estimate of drug-likeness (QED) is 0.696. The van der Waals surface area contributed by atoms with Crippen molar-refractivity contribution in [1.82, 2.24) is 15.0 Å². The standard InChI is InChI=1S/C20H17F3N4O2/c1-10-6-12(7-15(25-10)18(22)23)16-17(11-2-4-13(21)5-3-11)26-20(24)27-19(16)29-14-8-28-9-14/h2-7,14,18H,8-9H2,1H3,(H2,24,26,27). The Morgan fingerprint density at radius 2 is 1.79 bits per heavy atom. The second-order valence-electron chi connectivity index (χ2n) is 6.62. The van der Waals surface area contributed by atoms with Crippen LogP contribution >= 0.6 is 0 Å². The normalized spacial score (nSPS) is 14.1. The number of ether oxygens (including phenoxy) is 2. The van der Waals surface area contributed by atoms with Gasteiger partial charge in [-0.3, -0.25) is 4.98 Å². The lowest BCUT2D eigenvalue weighted by Crippen LogP contribution is -2.39. The largest absolute Gasteiger partial charge is 0.469 e. The van der Waals surface area contributed by atoms with Crippen LogP contribution in [0.1, 0.15) is 17.8 Å². The van der Waals surface area contributed by atoms with E-state index in [9.17, 15) is 13.2 Å². The van der Waals surface area contributed by atoms with E-state index in [2.05, 4.69) is 15.0 Å². The van der Waals surface area contributed by atoms with Gasteiger partial charge in [-0.1, -0.05) is 0 Å². The van der Waals surface area contributed by atoms with Gasteiger partial charge in [-0.25, -0.2) is 18.2 Å². The number of alkyl halides is 2. The maximum Gasteiger partial charge on any atom is 0.280 e. The second kappa shape index (κ2) is 7.67. The highest BCUT2D eigenvalue weighted by Crippen LogP contribution is 2.39. The van der Waals surface area contributed by atoms with Gasteiger partial charge in [0.15, 0.2) is 0 Å². The van der Waals surface area contributed by atoms with E-state index in [1.807, 2.05) is 0 Å². The minimum Gasteiger partial charge on any atom is -0.469 e. The van der Waals surface area contributed by atoms with E-state index in [0.717, 1.165) is 0 Å². The number of anilines is 1. The summed E-state index contributed by atoms with van der Waals surface area (Å²) in [4.78, 5) is 12.4. The summed E-state index contributed by atoms with van der Waals surface area (Å²) in [5, 5.41) is 0. The molecule has 150 valence electrons. The molecule has 0 radical (unpaired) electrons. The number of hydrogen-bond acceptors (Lipinski definition) is 6. The van der Waals surface area contributed by atoms with Crippen LogP contribution in [-0.2, 0) is 4.74 Å². The minimum atomic E-state index is -2.75. The molecule has 6 nitrogen and oxygen atoms in total. The molecule has 2 N–H and O–H groups in total. The van der Waals surface area contributed by atoms with Gasteiger partial charge in [0.2, 0.25) is 11.8 Å². The SMILES string of the molecule is Cc1cc(-c2c(OC3COC3)nc(N)nc2-c2ccc(F)cc2)cc(C(F)F)n1. The smallest absolute Gasteiger partial charge is 0.280 e. The number of nitrogens with two attached hydrogens (primary N) is 1. The van der Waals surface area contributed by atoms with Crippen LogP contribution in [0.5, 0.6) is 5.88 Å². The fourth-order valence-electron chi connectivity index (χ4n) is 3.01. The van der Waals surface area contributed by atoms with Crippen molar-refractivity contribution in [1.29, 1.82) is 0 Å². The van der Waals surface area contributed by atoms with Crippen LogP contribution < -0.4 is 10.5 Å². The summed E-state index contributed by atoms with van der Waals surface area (Å²) in [5.41, 5.74) is 7.57. The summed E-state index contributed by atoms with van der Waals surface area (Å²) >= 11 is 0. The van der Waals surface area contributed by atoms with Crippen molar-refractivity contribution in [2.45, 2.75) is 19.5 Å². The summed E-state index contributed by atoms with van der Waals surface area (Å²) in [7, 11) is 0. The highest BCUT2D eigenvalue weighted by molar-refractivity contribution is 5.85. The van der Waals surface area contributed by atoms with Gasteiger partial charge in [-0.15, -0.1) is 0 Å². The third kappa shape index (κ3) is 4.00. The number of benzene rings is 1. The van der Waals surface area contributed by atoms with E-state index in [1.54, 1.807) is 13.0 Å². The molecule has 29 heavy (non-hydrogen) atoms. The lowest BCUT2D eigenvalue weighted by Gasteiger charge is -2.27. The number of pyridine rings is 1. The molecule has 0 spiro atoms. The van der Waals surface area contributed by atoms with Crippen LogP contribution in [0.15, 0.2) is 36.4 Å². The average Bonchev–Trinajstić information content (AvgIpc) is 2.64. The van der Waals surface area contributed by atoms with E-state index < -0.39 is 12.2 Å². The van der Waals surface area contributed by atoms with Crippen LogP contribution in [0.4, 0.5) is 19.1 Å². The van der Waals surface area contributed by atoms with Crippen LogP contribution in [-0.4, -0.2) is 34.3 Å². The summed E-state index contributed by atoms with van der Waals surface area (Å²) in [6.45, 7) is 2.38. The Hall–Kier alpha value is -3.20. The van der Waals surface area contributed by atoms with Gasteiger partial charge in [0.25, 0.3) is 6.43 Å². The van der Waals surface area contributed by atoms with Gasteiger partial charge in [0, 0.05) is 11.3 Å². The van der Waals surface area contributed by atoms with Gasteiger partial charge in [0.1, 0.15) is 17.6 Å². The molecule has 2 aromatic heterocycles. The van der Waals surface area contributed by atoms with Crippen molar-refractivity contribution >= 4 is 5.95 Å². The monoisotopic (exact) mass is 402 g/mol. The van der Waals surface area contributed by atoms with Gasteiger partial charge in [-0.05, 0) is 48.9 Å². The molecule has 0 atom stereocenters. The van der Waals surface area contributed by atoms with E-state index in [4.69, 9.17) is 15.2 Å². The Kier molecular flexibility index (Phi) is 5.06. The van der Waals surface area contributed by atoms with Gasteiger partial charge >= 0.3 is 0 Å². The van der Waals surface area contributed by atoms with Gasteiger partial charge in [-0.2, -0.15) is 4.98 Å². The molecule has 4 rings (SSSR count). The molecule has 3 heterocycles. The van der Waals surface area contributed by atoms with Crippen LogP contribution in [0, 0.1) is 12.7 Å². The molecule has 3 aromatic rings. The summed E-state index contributed by atoms with van der Waals surface area (Å²) in [6.07, 6.45) is -2.98. The predicted octanol–water partition coefficient (Wildman–Crippen LogP) is 3.95.